The Balaban J connectivity index is 1.82. The van der Waals surface area contributed by atoms with Crippen LogP contribution in [0.25, 0.3) is 0 Å². The summed E-state index contributed by atoms with van der Waals surface area (Å²) in [7, 11) is -3.52. The van der Waals surface area contributed by atoms with Crippen molar-refractivity contribution in [3.63, 3.8) is 0 Å². The molecule has 0 heterocycles. The van der Waals surface area contributed by atoms with Crippen LogP contribution in [0.15, 0.2) is 52.3 Å². The van der Waals surface area contributed by atoms with Gasteiger partial charge in [-0.1, -0.05) is 17.7 Å². The molecule has 3 nitrogen and oxygen atoms in total. The predicted molar refractivity (Wildman–Crippen MR) is 101 cm³/mol. The van der Waals surface area contributed by atoms with Crippen LogP contribution in [0.5, 0.6) is 0 Å². The summed E-state index contributed by atoms with van der Waals surface area (Å²) in [5, 5.41) is 0.386. The van der Waals surface area contributed by atoms with E-state index in [9.17, 15) is 12.8 Å². The Morgan fingerprint density at radius 1 is 1.17 bits per heavy atom. The van der Waals surface area contributed by atoms with Gasteiger partial charge in [-0.2, -0.15) is 11.8 Å². The van der Waals surface area contributed by atoms with Crippen molar-refractivity contribution in [2.45, 2.75) is 15.5 Å². The SMILES string of the molecule is CSc1ccc(S(=O)(=O)NCCSCc2c(F)cccc2Cl)cc1. The van der Waals surface area contributed by atoms with Gasteiger partial charge in [0, 0.05) is 33.5 Å². The molecule has 130 valence electrons. The molecule has 0 fully saturated rings. The molecule has 1 N–H and O–H groups in total. The highest BCUT2D eigenvalue weighted by Crippen LogP contribution is 2.23. The highest BCUT2D eigenvalue weighted by atomic mass is 35.5. The molecule has 0 aliphatic carbocycles. The van der Waals surface area contributed by atoms with Gasteiger partial charge in [0.1, 0.15) is 5.82 Å². The number of hydrogen-bond donors (Lipinski definition) is 1. The molecule has 0 bridgehead atoms. The molecule has 8 heteroatoms. The second-order valence-corrected chi connectivity index (χ2v) is 8.99. The van der Waals surface area contributed by atoms with Gasteiger partial charge in [0.25, 0.3) is 0 Å². The molecule has 0 aromatic heterocycles. The van der Waals surface area contributed by atoms with E-state index in [4.69, 9.17) is 11.6 Å². The fourth-order valence-electron chi connectivity index (χ4n) is 1.93. The van der Waals surface area contributed by atoms with E-state index in [1.165, 1.54) is 17.8 Å². The Morgan fingerprint density at radius 3 is 2.50 bits per heavy atom. The summed E-state index contributed by atoms with van der Waals surface area (Å²) < 4.78 is 40.5. The molecular formula is C16H17ClFNO2S3. The van der Waals surface area contributed by atoms with Gasteiger partial charge in [-0.05, 0) is 42.7 Å². The van der Waals surface area contributed by atoms with Crippen molar-refractivity contribution in [1.29, 1.82) is 0 Å². The molecule has 0 saturated heterocycles. The minimum Gasteiger partial charge on any atom is -0.210 e. The summed E-state index contributed by atoms with van der Waals surface area (Å²) in [6, 6.07) is 11.3. The first kappa shape index (κ1) is 19.6. The van der Waals surface area contributed by atoms with Crippen LogP contribution in [0, 0.1) is 5.82 Å². The van der Waals surface area contributed by atoms with Crippen molar-refractivity contribution in [3.8, 4) is 0 Å². The molecule has 2 rings (SSSR count). The fourth-order valence-corrected chi connectivity index (χ4v) is 4.70. The zero-order valence-corrected chi connectivity index (χ0v) is 16.2. The van der Waals surface area contributed by atoms with Crippen LogP contribution in [-0.2, 0) is 15.8 Å². The molecule has 0 aliphatic heterocycles. The molecule has 0 unspecified atom stereocenters. The molecule has 0 aliphatic rings. The Morgan fingerprint density at radius 2 is 1.88 bits per heavy atom. The largest absolute Gasteiger partial charge is 0.240 e. The van der Waals surface area contributed by atoms with E-state index in [0.717, 1.165) is 4.90 Å². The Bertz CT molecular complexity index is 762. The summed E-state index contributed by atoms with van der Waals surface area (Å²) in [4.78, 5) is 1.24. The number of nitrogens with one attached hydrogen (secondary N) is 1. The van der Waals surface area contributed by atoms with E-state index in [2.05, 4.69) is 4.72 Å². The highest BCUT2D eigenvalue weighted by molar-refractivity contribution is 7.98. The number of halogens is 2. The normalized spacial score (nSPS) is 11.6. The fraction of sp³-hybridized carbons (Fsp3) is 0.250. The van der Waals surface area contributed by atoms with Crippen LogP contribution < -0.4 is 4.72 Å². The number of hydrogen-bond acceptors (Lipinski definition) is 4. The van der Waals surface area contributed by atoms with Crippen LogP contribution in [0.4, 0.5) is 4.39 Å². The lowest BCUT2D eigenvalue weighted by atomic mass is 10.2. The van der Waals surface area contributed by atoms with Gasteiger partial charge >= 0.3 is 0 Å². The summed E-state index contributed by atoms with van der Waals surface area (Å²) >= 11 is 8.93. The van der Waals surface area contributed by atoms with Crippen molar-refractivity contribution in [1.82, 2.24) is 4.72 Å². The second-order valence-electron chi connectivity index (χ2n) is 4.83. The van der Waals surface area contributed by atoms with E-state index < -0.39 is 10.0 Å². The van der Waals surface area contributed by atoms with Gasteiger partial charge in [0.2, 0.25) is 10.0 Å². The van der Waals surface area contributed by atoms with Crippen molar-refractivity contribution in [2.75, 3.05) is 18.6 Å². The number of sulfonamides is 1. The minimum atomic E-state index is -3.52. The number of thioether (sulfide) groups is 2. The van der Waals surface area contributed by atoms with Gasteiger partial charge in [0.05, 0.1) is 4.90 Å². The Hall–Kier alpha value is -0.730. The average molecular weight is 406 g/mol. The van der Waals surface area contributed by atoms with Crippen LogP contribution in [0.2, 0.25) is 5.02 Å². The predicted octanol–water partition coefficient (Wildman–Crippen LogP) is 4.41. The molecule has 0 amide bonds. The zero-order chi connectivity index (χ0) is 17.6. The number of rotatable bonds is 8. The third kappa shape index (κ3) is 5.39. The molecule has 0 atom stereocenters. The first-order chi connectivity index (χ1) is 11.4. The van der Waals surface area contributed by atoms with E-state index >= 15 is 0 Å². The maximum Gasteiger partial charge on any atom is 0.240 e. The molecule has 0 saturated carbocycles. The second kappa shape index (κ2) is 9.10. The average Bonchev–Trinajstić information content (AvgIpc) is 2.57. The summed E-state index contributed by atoms with van der Waals surface area (Å²) in [5.41, 5.74) is 0.444. The van der Waals surface area contributed by atoms with Crippen molar-refractivity contribution >= 4 is 45.1 Å². The maximum absolute atomic E-state index is 13.6. The third-order valence-corrected chi connectivity index (χ3v) is 6.78. The molecule has 0 radical (unpaired) electrons. The van der Waals surface area contributed by atoms with Gasteiger partial charge in [-0.15, -0.1) is 11.8 Å². The molecular weight excluding hydrogens is 389 g/mol. The summed E-state index contributed by atoms with van der Waals surface area (Å²) in [5.74, 6) is 0.576. The quantitative estimate of drug-likeness (QED) is 0.521. The van der Waals surface area contributed by atoms with Crippen molar-refractivity contribution in [2.24, 2.45) is 0 Å². The third-order valence-electron chi connectivity index (χ3n) is 3.22. The van der Waals surface area contributed by atoms with E-state index in [0.29, 0.717) is 22.1 Å². The van der Waals surface area contributed by atoms with E-state index in [1.54, 1.807) is 48.2 Å². The van der Waals surface area contributed by atoms with Crippen LogP contribution in [0.3, 0.4) is 0 Å². The first-order valence-electron chi connectivity index (χ1n) is 7.08. The Labute approximate surface area is 155 Å². The molecule has 24 heavy (non-hydrogen) atoms. The van der Waals surface area contributed by atoms with Crippen LogP contribution in [-0.4, -0.2) is 27.0 Å². The lowest BCUT2D eigenvalue weighted by Gasteiger charge is -2.08. The van der Waals surface area contributed by atoms with E-state index in [-0.39, 0.29) is 17.3 Å². The van der Waals surface area contributed by atoms with Crippen LogP contribution in [0.1, 0.15) is 5.56 Å². The summed E-state index contributed by atoms with van der Waals surface area (Å²) in [6.45, 7) is 0.267. The van der Waals surface area contributed by atoms with Gasteiger partial charge in [-0.3, -0.25) is 0 Å². The summed E-state index contributed by atoms with van der Waals surface area (Å²) in [6.07, 6.45) is 1.93. The van der Waals surface area contributed by atoms with Crippen molar-refractivity contribution in [3.05, 3.63) is 58.9 Å². The minimum absolute atomic E-state index is 0.238. The first-order valence-corrected chi connectivity index (χ1v) is 11.3. The molecule has 2 aromatic carbocycles. The lowest BCUT2D eigenvalue weighted by Crippen LogP contribution is -2.26. The van der Waals surface area contributed by atoms with Gasteiger partial charge in [-0.25, -0.2) is 17.5 Å². The van der Waals surface area contributed by atoms with Gasteiger partial charge < -0.3 is 0 Å². The number of benzene rings is 2. The standard InChI is InChI=1S/C16H17ClFNO2S3/c1-22-12-5-7-13(8-6-12)24(20,21)19-9-10-23-11-14-15(17)3-2-4-16(14)18/h2-8,19H,9-11H2,1H3. The smallest absolute Gasteiger partial charge is 0.210 e. The lowest BCUT2D eigenvalue weighted by molar-refractivity contribution is 0.584. The van der Waals surface area contributed by atoms with Gasteiger partial charge in [0.15, 0.2) is 0 Å². The van der Waals surface area contributed by atoms with Crippen molar-refractivity contribution < 1.29 is 12.8 Å². The zero-order valence-electron chi connectivity index (χ0n) is 13.0. The van der Waals surface area contributed by atoms with E-state index in [1.807, 2.05) is 6.26 Å². The van der Waals surface area contributed by atoms with Crippen LogP contribution >= 0.6 is 35.1 Å². The monoisotopic (exact) mass is 405 g/mol. The topological polar surface area (TPSA) is 46.2 Å². The molecule has 0 spiro atoms. The highest BCUT2D eigenvalue weighted by Gasteiger charge is 2.13. The maximum atomic E-state index is 13.6. The Kier molecular flexibility index (Phi) is 7.43. The molecule has 2 aromatic rings.